The van der Waals surface area contributed by atoms with Gasteiger partial charge in [-0.3, -0.25) is 0 Å². The van der Waals surface area contributed by atoms with Crippen molar-refractivity contribution in [3.63, 3.8) is 0 Å². The molecule has 0 saturated heterocycles. The fraction of sp³-hybridized carbons (Fsp3) is 0.375. The van der Waals surface area contributed by atoms with Crippen LogP contribution in [0, 0.1) is 0 Å². The largest absolute Gasteiger partial charge is 0.349 e. The van der Waals surface area contributed by atoms with Gasteiger partial charge in [-0.25, -0.2) is 29.3 Å². The molecule has 2 rings (SSSR count). The second-order valence-electron chi connectivity index (χ2n) is 3.15. The minimum atomic E-state index is -0.403. The molecule has 2 aromatic heterocycles. The lowest BCUT2D eigenvalue weighted by atomic mass is 10.3. The van der Waals surface area contributed by atoms with Crippen molar-refractivity contribution in [1.82, 2.24) is 24.7 Å². The molecule has 0 aliphatic heterocycles. The molecule has 0 spiro atoms. The van der Waals surface area contributed by atoms with Crippen molar-refractivity contribution in [2.24, 2.45) is 0 Å². The molecule has 2 heterocycles. The monoisotopic (exact) mass is 209 g/mol. The number of rotatable bonds is 4. The smallest absolute Gasteiger partial charge is 0.344 e. The second-order valence-corrected chi connectivity index (χ2v) is 3.15. The summed E-state index contributed by atoms with van der Waals surface area (Å²) in [6.45, 7) is 0.387. The summed E-state index contributed by atoms with van der Waals surface area (Å²) in [7, 11) is 0. The summed E-state index contributed by atoms with van der Waals surface area (Å²) < 4.78 is 1.13. The first kappa shape index (κ1) is 9.50. The molecule has 80 valence electrons. The van der Waals surface area contributed by atoms with Crippen LogP contribution in [0.5, 0.6) is 0 Å². The predicted molar refractivity (Wildman–Crippen MR) is 52.6 cm³/mol. The van der Waals surface area contributed by atoms with Crippen LogP contribution in [-0.4, -0.2) is 24.7 Å². The first-order chi connectivity index (χ1) is 7.27. The second kappa shape index (κ2) is 3.99. The zero-order valence-electron chi connectivity index (χ0n) is 7.99. The van der Waals surface area contributed by atoms with Gasteiger partial charge in [-0.1, -0.05) is 0 Å². The Morgan fingerprint density at radius 1 is 1.27 bits per heavy atom. The van der Waals surface area contributed by atoms with E-state index in [0.29, 0.717) is 19.4 Å². The maximum absolute atomic E-state index is 11.1. The summed E-state index contributed by atoms with van der Waals surface area (Å²) in [6, 6.07) is 0. The highest BCUT2D eigenvalue weighted by Gasteiger charge is 2.02. The molecule has 15 heavy (non-hydrogen) atoms. The molecule has 0 aliphatic carbocycles. The van der Waals surface area contributed by atoms with E-state index in [1.54, 1.807) is 12.4 Å². The van der Waals surface area contributed by atoms with Crippen LogP contribution in [0.1, 0.15) is 12.2 Å². The zero-order valence-corrected chi connectivity index (χ0v) is 7.99. The lowest BCUT2D eigenvalue weighted by Crippen LogP contribution is -2.26. The van der Waals surface area contributed by atoms with Crippen molar-refractivity contribution in [3.05, 3.63) is 39.2 Å². The molecule has 0 aromatic carbocycles. The molecular weight excluding hydrogens is 198 g/mol. The van der Waals surface area contributed by atoms with Gasteiger partial charge in [0.25, 0.3) is 0 Å². The Morgan fingerprint density at radius 2 is 2.00 bits per heavy atom. The van der Waals surface area contributed by atoms with Gasteiger partial charge in [0, 0.05) is 25.4 Å². The molecule has 0 aliphatic rings. The molecule has 7 nitrogen and oxygen atoms in total. The van der Waals surface area contributed by atoms with Gasteiger partial charge in [0.05, 0.1) is 0 Å². The SMILES string of the molecule is O=c1[nH][nH]c(=O)n1CCCc1ncc[nH]1. The molecule has 3 N–H and O–H groups in total. The molecular formula is C8H11N5O2. The van der Waals surface area contributed by atoms with E-state index in [-0.39, 0.29) is 0 Å². The van der Waals surface area contributed by atoms with Crippen LogP contribution in [0.2, 0.25) is 0 Å². The van der Waals surface area contributed by atoms with Gasteiger partial charge in [0.1, 0.15) is 5.82 Å². The van der Waals surface area contributed by atoms with Crippen molar-refractivity contribution >= 4 is 0 Å². The van der Waals surface area contributed by atoms with Crippen LogP contribution >= 0.6 is 0 Å². The van der Waals surface area contributed by atoms with Crippen LogP contribution in [0.25, 0.3) is 0 Å². The minimum absolute atomic E-state index is 0.387. The molecule has 0 radical (unpaired) electrons. The van der Waals surface area contributed by atoms with E-state index in [1.165, 1.54) is 0 Å². The third-order valence-electron chi connectivity index (χ3n) is 2.12. The van der Waals surface area contributed by atoms with Gasteiger partial charge >= 0.3 is 11.4 Å². The zero-order chi connectivity index (χ0) is 10.7. The van der Waals surface area contributed by atoms with E-state index >= 15 is 0 Å². The van der Waals surface area contributed by atoms with Crippen LogP contribution in [0.15, 0.2) is 22.0 Å². The van der Waals surface area contributed by atoms with Crippen LogP contribution < -0.4 is 11.4 Å². The molecule has 7 heteroatoms. The van der Waals surface area contributed by atoms with E-state index in [9.17, 15) is 9.59 Å². The van der Waals surface area contributed by atoms with E-state index in [1.807, 2.05) is 0 Å². The number of aryl methyl sites for hydroxylation is 1. The van der Waals surface area contributed by atoms with Gasteiger partial charge in [-0.05, 0) is 6.42 Å². The Labute approximate surface area is 84.2 Å². The number of nitrogens with one attached hydrogen (secondary N) is 3. The summed E-state index contributed by atoms with van der Waals surface area (Å²) in [5, 5.41) is 4.45. The van der Waals surface area contributed by atoms with E-state index in [2.05, 4.69) is 20.2 Å². The van der Waals surface area contributed by atoms with E-state index < -0.39 is 11.4 Å². The van der Waals surface area contributed by atoms with Crippen molar-refractivity contribution in [2.75, 3.05) is 0 Å². The lowest BCUT2D eigenvalue weighted by Gasteiger charge is -1.97. The Morgan fingerprint density at radius 3 is 2.60 bits per heavy atom. The summed E-state index contributed by atoms with van der Waals surface area (Å²) in [6.07, 6.45) is 4.81. The molecule has 0 saturated carbocycles. The number of hydrogen-bond acceptors (Lipinski definition) is 3. The fourth-order valence-electron chi connectivity index (χ4n) is 1.38. The first-order valence-electron chi connectivity index (χ1n) is 4.63. The highest BCUT2D eigenvalue weighted by Crippen LogP contribution is 1.95. The number of hydrogen-bond donors (Lipinski definition) is 3. The first-order valence-corrected chi connectivity index (χ1v) is 4.63. The molecule has 0 atom stereocenters. The number of aromatic amines is 3. The summed E-state index contributed by atoms with van der Waals surface area (Å²) >= 11 is 0. The van der Waals surface area contributed by atoms with E-state index in [4.69, 9.17) is 0 Å². The Bertz CT molecular complexity index is 490. The molecule has 0 fully saturated rings. The number of imidazole rings is 1. The highest BCUT2D eigenvalue weighted by molar-refractivity contribution is 4.86. The van der Waals surface area contributed by atoms with Gasteiger partial charge in [0.2, 0.25) is 0 Å². The van der Waals surface area contributed by atoms with Crippen molar-refractivity contribution in [3.8, 4) is 0 Å². The molecule has 0 bridgehead atoms. The van der Waals surface area contributed by atoms with Gasteiger partial charge in [-0.2, -0.15) is 0 Å². The third kappa shape index (κ3) is 2.06. The molecule has 0 unspecified atom stereocenters. The Balaban J connectivity index is 1.94. The van der Waals surface area contributed by atoms with Crippen LogP contribution in [0.3, 0.4) is 0 Å². The lowest BCUT2D eigenvalue weighted by molar-refractivity contribution is 0.599. The summed E-state index contributed by atoms with van der Waals surface area (Å²) in [4.78, 5) is 29.2. The normalized spacial score (nSPS) is 10.7. The summed E-state index contributed by atoms with van der Waals surface area (Å²) in [5.74, 6) is 0.856. The maximum atomic E-state index is 11.1. The van der Waals surface area contributed by atoms with Crippen LogP contribution in [-0.2, 0) is 13.0 Å². The quantitative estimate of drug-likeness (QED) is 0.615. The standard InChI is InChI=1S/C8H11N5O2/c14-7-11-12-8(15)13(7)5-1-2-6-9-3-4-10-6/h3-4H,1-2,5H2,(H,9,10)(H,11,14)(H,12,15). The summed E-state index contributed by atoms with van der Waals surface area (Å²) in [5.41, 5.74) is -0.807. The number of aromatic nitrogens is 5. The van der Waals surface area contributed by atoms with Crippen molar-refractivity contribution in [1.29, 1.82) is 0 Å². The van der Waals surface area contributed by atoms with Crippen LogP contribution in [0.4, 0.5) is 0 Å². The number of nitrogens with zero attached hydrogens (tertiary/aromatic N) is 2. The maximum Gasteiger partial charge on any atom is 0.344 e. The predicted octanol–water partition coefficient (Wildman–Crippen LogP) is -0.779. The fourth-order valence-corrected chi connectivity index (χ4v) is 1.38. The topological polar surface area (TPSA) is 99.3 Å². The van der Waals surface area contributed by atoms with Gasteiger partial charge in [0.15, 0.2) is 0 Å². The average Bonchev–Trinajstić information content (AvgIpc) is 2.82. The minimum Gasteiger partial charge on any atom is -0.349 e. The van der Waals surface area contributed by atoms with E-state index in [0.717, 1.165) is 10.4 Å². The number of H-pyrrole nitrogens is 3. The Hall–Kier alpha value is -2.05. The highest BCUT2D eigenvalue weighted by atomic mass is 16.2. The van der Waals surface area contributed by atoms with Gasteiger partial charge in [-0.15, -0.1) is 0 Å². The van der Waals surface area contributed by atoms with Crippen molar-refractivity contribution < 1.29 is 0 Å². The van der Waals surface area contributed by atoms with Crippen molar-refractivity contribution in [2.45, 2.75) is 19.4 Å². The Kier molecular flexibility index (Phi) is 2.53. The molecule has 0 amide bonds. The average molecular weight is 209 g/mol. The molecule has 2 aromatic rings. The third-order valence-corrected chi connectivity index (χ3v) is 2.12. The van der Waals surface area contributed by atoms with Gasteiger partial charge < -0.3 is 4.98 Å².